The lowest BCUT2D eigenvalue weighted by Gasteiger charge is -2.19. The van der Waals surface area contributed by atoms with E-state index in [4.69, 9.17) is 34.9 Å². The predicted octanol–water partition coefficient (Wildman–Crippen LogP) is 1.04. The number of carbonyl (C=O) groups excluding carboxylic acids is 2. The number of ether oxygens (including phenoxy) is 1. The molecule has 1 rings (SSSR count). The predicted molar refractivity (Wildman–Crippen MR) is 67.2 cm³/mol. The molecule has 0 spiro atoms. The van der Waals surface area contributed by atoms with Gasteiger partial charge >= 0.3 is 12.0 Å². The number of nitrogens with two attached hydrogens (primary N) is 2. The third-order valence-electron chi connectivity index (χ3n) is 2.06. The van der Waals surface area contributed by atoms with E-state index in [1.165, 1.54) is 19.2 Å². The van der Waals surface area contributed by atoms with Gasteiger partial charge in [-0.15, -0.1) is 0 Å². The number of halogens is 2. The highest BCUT2D eigenvalue weighted by Crippen LogP contribution is 2.35. The smallest absolute Gasteiger partial charge is 0.350 e. The number of hydrazine groups is 2. The summed E-state index contributed by atoms with van der Waals surface area (Å²) >= 11 is 11.8. The lowest BCUT2D eigenvalue weighted by molar-refractivity contribution is 0.0601. The van der Waals surface area contributed by atoms with Crippen molar-refractivity contribution in [1.82, 2.24) is 5.43 Å². The van der Waals surface area contributed by atoms with Crippen molar-refractivity contribution in [2.75, 3.05) is 12.1 Å². The van der Waals surface area contributed by atoms with Gasteiger partial charge in [-0.2, -0.15) is 0 Å². The van der Waals surface area contributed by atoms with Gasteiger partial charge in [0.15, 0.2) is 0 Å². The number of nitrogens with zero attached hydrogens (tertiary/aromatic N) is 1. The fourth-order valence-electron chi connectivity index (χ4n) is 1.20. The van der Waals surface area contributed by atoms with Gasteiger partial charge in [0.2, 0.25) is 0 Å². The molecule has 0 unspecified atom stereocenters. The molecule has 0 fully saturated rings. The summed E-state index contributed by atoms with van der Waals surface area (Å²) in [6, 6.07) is 1.87. The zero-order valence-electron chi connectivity index (χ0n) is 9.24. The second kappa shape index (κ2) is 5.87. The second-order valence-electron chi connectivity index (χ2n) is 3.07. The molecule has 0 atom stereocenters. The van der Waals surface area contributed by atoms with Crippen LogP contribution in [0.25, 0.3) is 0 Å². The average molecular weight is 293 g/mol. The molecule has 18 heavy (non-hydrogen) atoms. The normalized spacial score (nSPS) is 9.83. The van der Waals surface area contributed by atoms with Crippen molar-refractivity contribution in [2.24, 2.45) is 11.7 Å². The SMILES string of the molecule is COC(=O)c1ccc(Cl)c(N(N)C(=O)NN)c1Cl. The number of carbonyl (C=O) groups is 2. The van der Waals surface area contributed by atoms with Crippen molar-refractivity contribution in [3.63, 3.8) is 0 Å². The lowest BCUT2D eigenvalue weighted by atomic mass is 10.2. The van der Waals surface area contributed by atoms with Crippen LogP contribution in [-0.2, 0) is 4.74 Å². The topological polar surface area (TPSA) is 111 Å². The molecule has 9 heteroatoms. The summed E-state index contributed by atoms with van der Waals surface area (Å²) in [4.78, 5) is 22.7. The van der Waals surface area contributed by atoms with Gasteiger partial charge in [0.25, 0.3) is 0 Å². The average Bonchev–Trinajstić information content (AvgIpc) is 2.36. The number of rotatable bonds is 2. The fraction of sp³-hybridized carbons (Fsp3) is 0.111. The van der Waals surface area contributed by atoms with Crippen LogP contribution in [0.1, 0.15) is 10.4 Å². The van der Waals surface area contributed by atoms with E-state index >= 15 is 0 Å². The Morgan fingerprint density at radius 3 is 2.50 bits per heavy atom. The Hall–Kier alpha value is -1.54. The number of anilines is 1. The van der Waals surface area contributed by atoms with Crippen LogP contribution in [0.5, 0.6) is 0 Å². The van der Waals surface area contributed by atoms with Crippen molar-refractivity contribution in [3.8, 4) is 0 Å². The summed E-state index contributed by atoms with van der Waals surface area (Å²) in [6.07, 6.45) is 0. The summed E-state index contributed by atoms with van der Waals surface area (Å²) in [6.45, 7) is 0. The van der Waals surface area contributed by atoms with Crippen LogP contribution < -0.4 is 22.1 Å². The minimum atomic E-state index is -0.846. The van der Waals surface area contributed by atoms with Gasteiger partial charge < -0.3 is 4.74 Å². The van der Waals surface area contributed by atoms with E-state index in [1.54, 1.807) is 0 Å². The molecule has 1 aromatic carbocycles. The lowest BCUT2D eigenvalue weighted by Crippen LogP contribution is -2.48. The molecule has 0 saturated carbocycles. The first kappa shape index (κ1) is 14.5. The van der Waals surface area contributed by atoms with Crippen molar-refractivity contribution < 1.29 is 14.3 Å². The Morgan fingerprint density at radius 1 is 1.39 bits per heavy atom. The third-order valence-corrected chi connectivity index (χ3v) is 2.74. The molecule has 0 radical (unpaired) electrons. The molecule has 1 aromatic rings. The van der Waals surface area contributed by atoms with Crippen LogP contribution in [0.3, 0.4) is 0 Å². The van der Waals surface area contributed by atoms with Crippen molar-refractivity contribution in [2.45, 2.75) is 0 Å². The van der Waals surface area contributed by atoms with E-state index < -0.39 is 12.0 Å². The first-order valence-corrected chi connectivity index (χ1v) is 5.31. The molecule has 0 aliphatic rings. The van der Waals surface area contributed by atoms with E-state index in [0.29, 0.717) is 5.01 Å². The first-order chi connectivity index (χ1) is 8.43. The number of nitrogens with one attached hydrogen (secondary N) is 1. The van der Waals surface area contributed by atoms with Crippen molar-refractivity contribution in [3.05, 3.63) is 27.7 Å². The third kappa shape index (κ3) is 2.65. The van der Waals surface area contributed by atoms with Gasteiger partial charge in [-0.05, 0) is 12.1 Å². The second-order valence-corrected chi connectivity index (χ2v) is 3.85. The van der Waals surface area contributed by atoms with Crippen molar-refractivity contribution >= 4 is 40.9 Å². The maximum absolute atomic E-state index is 11.4. The highest BCUT2D eigenvalue weighted by atomic mass is 35.5. The Bertz CT molecular complexity index is 495. The number of amides is 2. The summed E-state index contributed by atoms with van der Waals surface area (Å²) in [7, 11) is 1.19. The highest BCUT2D eigenvalue weighted by molar-refractivity contribution is 6.41. The molecule has 5 N–H and O–H groups in total. The van der Waals surface area contributed by atoms with Gasteiger partial charge in [-0.3, -0.25) is 5.43 Å². The summed E-state index contributed by atoms with van der Waals surface area (Å²) in [5.74, 6) is 9.74. The first-order valence-electron chi connectivity index (χ1n) is 4.55. The Morgan fingerprint density at radius 2 is 2.00 bits per heavy atom. The van der Waals surface area contributed by atoms with E-state index in [-0.39, 0.29) is 21.3 Å². The molecule has 0 aromatic heterocycles. The molecule has 7 nitrogen and oxygen atoms in total. The Kier molecular flexibility index (Phi) is 4.74. The number of methoxy groups -OCH3 is 1. The molecular weight excluding hydrogens is 283 g/mol. The van der Waals surface area contributed by atoms with Crippen LogP contribution >= 0.6 is 23.2 Å². The molecule has 0 bridgehead atoms. The zero-order chi connectivity index (χ0) is 13.9. The molecule has 0 aliphatic heterocycles. The molecule has 0 heterocycles. The molecule has 0 saturated heterocycles. The Labute approximate surface area is 112 Å². The largest absolute Gasteiger partial charge is 0.465 e. The number of benzene rings is 1. The van der Waals surface area contributed by atoms with E-state index in [0.717, 1.165) is 0 Å². The minimum Gasteiger partial charge on any atom is -0.465 e. The summed E-state index contributed by atoms with van der Waals surface area (Å²) in [5.41, 5.74) is 1.78. The highest BCUT2D eigenvalue weighted by Gasteiger charge is 2.22. The zero-order valence-corrected chi connectivity index (χ0v) is 10.7. The van der Waals surface area contributed by atoms with Crippen LogP contribution in [0, 0.1) is 0 Å². The monoisotopic (exact) mass is 292 g/mol. The van der Waals surface area contributed by atoms with Gasteiger partial charge in [0.05, 0.1) is 22.7 Å². The van der Waals surface area contributed by atoms with E-state index in [2.05, 4.69) is 4.74 Å². The van der Waals surface area contributed by atoms with Gasteiger partial charge in [-0.25, -0.2) is 26.3 Å². The van der Waals surface area contributed by atoms with Crippen molar-refractivity contribution in [1.29, 1.82) is 0 Å². The number of hydrogen-bond donors (Lipinski definition) is 3. The van der Waals surface area contributed by atoms with Crippen LogP contribution in [-0.4, -0.2) is 19.1 Å². The van der Waals surface area contributed by atoms with Crippen LogP contribution in [0.2, 0.25) is 10.0 Å². The molecule has 0 aliphatic carbocycles. The summed E-state index contributed by atoms with van der Waals surface area (Å²) < 4.78 is 4.53. The Balaban J connectivity index is 3.35. The number of urea groups is 1. The fourth-order valence-corrected chi connectivity index (χ4v) is 1.83. The minimum absolute atomic E-state index is 0.0267. The van der Waals surface area contributed by atoms with E-state index in [1.807, 2.05) is 5.43 Å². The molecular formula is C9H10Cl2N4O3. The quantitative estimate of drug-likeness (QED) is 0.326. The van der Waals surface area contributed by atoms with Crippen LogP contribution in [0.4, 0.5) is 10.5 Å². The van der Waals surface area contributed by atoms with Crippen LogP contribution in [0.15, 0.2) is 12.1 Å². The standard InChI is InChI=1S/C9H10Cl2N4O3/c1-18-8(16)4-2-3-5(10)7(6(4)11)15(13)9(17)14-12/h2-3H,12-13H2,1H3,(H,14,17). The molecule has 2 amide bonds. The summed E-state index contributed by atoms with van der Waals surface area (Å²) in [5, 5.41) is 0.566. The number of esters is 1. The van der Waals surface area contributed by atoms with Gasteiger partial charge in [0, 0.05) is 0 Å². The molecule has 98 valence electrons. The maximum Gasteiger partial charge on any atom is 0.350 e. The van der Waals surface area contributed by atoms with Gasteiger partial charge in [-0.1, -0.05) is 23.2 Å². The maximum atomic E-state index is 11.4. The number of hydrogen-bond acceptors (Lipinski definition) is 5. The van der Waals surface area contributed by atoms with E-state index in [9.17, 15) is 9.59 Å². The van der Waals surface area contributed by atoms with Gasteiger partial charge in [0.1, 0.15) is 5.69 Å².